The first-order chi connectivity index (χ1) is 17.1. The molecule has 0 bridgehead atoms. The average Bonchev–Trinajstić information content (AvgIpc) is 3.45. The summed E-state index contributed by atoms with van der Waals surface area (Å²) in [4.78, 5) is 30.4. The van der Waals surface area contributed by atoms with Gasteiger partial charge in [-0.1, -0.05) is 32.8 Å². The molecule has 4 rings (SSSR count). The Morgan fingerprint density at radius 1 is 1.17 bits per heavy atom. The van der Waals surface area contributed by atoms with E-state index in [9.17, 15) is 19.8 Å². The highest BCUT2D eigenvalue weighted by molar-refractivity contribution is 5.89. The summed E-state index contributed by atoms with van der Waals surface area (Å²) in [6, 6.07) is 5.12. The molecule has 198 valence electrons. The van der Waals surface area contributed by atoms with Gasteiger partial charge >= 0.3 is 5.97 Å². The summed E-state index contributed by atoms with van der Waals surface area (Å²) in [7, 11) is 0. The van der Waals surface area contributed by atoms with Crippen molar-refractivity contribution in [3.63, 3.8) is 0 Å². The molecule has 2 unspecified atom stereocenters. The number of hydrogen-bond acceptors (Lipinski definition) is 7. The number of aliphatic hydroxyl groups is 2. The molecule has 1 aliphatic carbocycles. The quantitative estimate of drug-likeness (QED) is 0.461. The number of aliphatic hydroxyl groups excluding tert-OH is 2. The minimum Gasteiger partial charge on any atom is -0.455 e. The summed E-state index contributed by atoms with van der Waals surface area (Å²) in [5.74, 6) is -2.40. The third-order valence-electron chi connectivity index (χ3n) is 8.59. The van der Waals surface area contributed by atoms with Crippen LogP contribution in [0.1, 0.15) is 77.8 Å². The van der Waals surface area contributed by atoms with Crippen LogP contribution < -0.4 is 0 Å². The lowest BCUT2D eigenvalue weighted by atomic mass is 9.58. The van der Waals surface area contributed by atoms with Crippen LogP contribution in [0.5, 0.6) is 0 Å². The van der Waals surface area contributed by atoms with Crippen molar-refractivity contribution in [2.24, 2.45) is 17.3 Å². The van der Waals surface area contributed by atoms with Crippen molar-refractivity contribution >= 4 is 17.8 Å². The van der Waals surface area contributed by atoms with Gasteiger partial charge in [-0.3, -0.25) is 14.6 Å². The second-order valence-corrected chi connectivity index (χ2v) is 11.2. The molecule has 1 aromatic rings. The summed E-state index contributed by atoms with van der Waals surface area (Å²) in [5.41, 5.74) is -1.14. The Morgan fingerprint density at radius 3 is 2.56 bits per heavy atom. The molecule has 8 heteroatoms. The predicted molar refractivity (Wildman–Crippen MR) is 131 cm³/mol. The molecule has 2 saturated heterocycles. The van der Waals surface area contributed by atoms with Crippen molar-refractivity contribution in [2.45, 2.75) is 102 Å². The van der Waals surface area contributed by atoms with E-state index in [1.165, 1.54) is 6.08 Å². The van der Waals surface area contributed by atoms with Crippen LogP contribution in [0.2, 0.25) is 0 Å². The van der Waals surface area contributed by atoms with E-state index in [4.69, 9.17) is 9.47 Å². The Hall–Kier alpha value is -2.16. The van der Waals surface area contributed by atoms with Crippen molar-refractivity contribution in [2.75, 3.05) is 0 Å². The molecule has 2 N–H and O–H groups in total. The van der Waals surface area contributed by atoms with Gasteiger partial charge in [0.25, 0.3) is 0 Å². The molecular formula is C28H38FNO6. The Labute approximate surface area is 212 Å². The number of ketones is 1. The van der Waals surface area contributed by atoms with Crippen molar-refractivity contribution in [3.8, 4) is 0 Å². The van der Waals surface area contributed by atoms with E-state index in [-0.39, 0.29) is 24.2 Å². The minimum absolute atomic E-state index is 0.108. The number of ether oxygens (including phenoxy) is 2. The fraction of sp³-hybridized carbons (Fsp3) is 0.679. The number of aromatic nitrogens is 1. The topological polar surface area (TPSA) is 109 Å². The summed E-state index contributed by atoms with van der Waals surface area (Å²) in [6.07, 6.45) is 2.85. The Morgan fingerprint density at radius 2 is 1.92 bits per heavy atom. The molecule has 2 aliphatic heterocycles. The van der Waals surface area contributed by atoms with Gasteiger partial charge in [-0.15, -0.1) is 0 Å². The van der Waals surface area contributed by atoms with E-state index >= 15 is 4.39 Å². The molecule has 7 nitrogen and oxygen atoms in total. The maximum Gasteiger partial charge on any atom is 0.309 e. The molecule has 0 aromatic carbocycles. The number of pyridine rings is 1. The number of nitrogens with zero attached hydrogens (tertiary/aromatic N) is 1. The van der Waals surface area contributed by atoms with Crippen LogP contribution in [0.3, 0.4) is 0 Å². The first kappa shape index (κ1) is 26.9. The second-order valence-electron chi connectivity index (χ2n) is 11.2. The predicted octanol–water partition coefficient (Wildman–Crippen LogP) is 4.16. The molecule has 1 spiro atoms. The first-order valence-corrected chi connectivity index (χ1v) is 13.1. The van der Waals surface area contributed by atoms with E-state index in [1.54, 1.807) is 31.3 Å². The fourth-order valence-electron chi connectivity index (χ4n) is 5.82. The molecule has 0 amide bonds. The zero-order chi connectivity index (χ0) is 26.1. The third-order valence-corrected chi connectivity index (χ3v) is 8.59. The standard InChI is InChI=1S/C28H38FNO6/c1-17-8-6-10-27(3)23(36-27)15-21(20(29)14-19-9-4-5-13-30-19)35-24(32)16-22(31)28(11-7-12-28)26(34)18(2)25(17)33/h4-5,9,13-14,17-18,21-23,25,31,33H,6-8,10-12,15-16H2,1-3H3/t17-,18+,21-,22-,23?,25-,27?/m0/s1. The van der Waals surface area contributed by atoms with Gasteiger partial charge in [0.15, 0.2) is 6.10 Å². The van der Waals surface area contributed by atoms with Crippen LogP contribution in [0.4, 0.5) is 4.39 Å². The molecule has 7 atom stereocenters. The third kappa shape index (κ3) is 5.55. The lowest BCUT2D eigenvalue weighted by molar-refractivity contribution is -0.162. The lowest BCUT2D eigenvalue weighted by Gasteiger charge is -2.46. The SMILES string of the molecule is C[C@H]1CCCC2(C)OC2C[C@@H](C(F)=Cc2ccccn2)OC(=O)C[C@H](O)C2(CCC2)C(=O)[C@H](C)[C@H]1O. The molecule has 3 fully saturated rings. The van der Waals surface area contributed by atoms with E-state index in [0.717, 1.165) is 12.8 Å². The van der Waals surface area contributed by atoms with Crippen molar-refractivity contribution in [1.82, 2.24) is 4.98 Å². The number of epoxide rings is 1. The van der Waals surface area contributed by atoms with Gasteiger partial charge < -0.3 is 19.7 Å². The molecule has 1 aromatic heterocycles. The van der Waals surface area contributed by atoms with E-state index in [1.807, 2.05) is 13.8 Å². The van der Waals surface area contributed by atoms with Gasteiger partial charge in [0.2, 0.25) is 0 Å². The van der Waals surface area contributed by atoms with E-state index in [0.29, 0.717) is 31.4 Å². The van der Waals surface area contributed by atoms with Crippen molar-refractivity contribution in [1.29, 1.82) is 0 Å². The highest BCUT2D eigenvalue weighted by Crippen LogP contribution is 2.49. The molecule has 1 saturated carbocycles. The van der Waals surface area contributed by atoms with Crippen molar-refractivity contribution in [3.05, 3.63) is 35.9 Å². The van der Waals surface area contributed by atoms with Gasteiger partial charge in [0.1, 0.15) is 11.6 Å². The van der Waals surface area contributed by atoms with Gasteiger partial charge in [0.05, 0.1) is 41.4 Å². The number of esters is 1. The normalized spacial score (nSPS) is 38.1. The smallest absolute Gasteiger partial charge is 0.309 e. The van der Waals surface area contributed by atoms with Gasteiger partial charge in [-0.25, -0.2) is 4.39 Å². The van der Waals surface area contributed by atoms with Crippen LogP contribution in [-0.2, 0) is 19.1 Å². The highest BCUT2D eigenvalue weighted by atomic mass is 19.1. The van der Waals surface area contributed by atoms with Crippen LogP contribution >= 0.6 is 0 Å². The number of hydrogen-bond donors (Lipinski definition) is 2. The number of cyclic esters (lactones) is 1. The minimum atomic E-state index is -1.25. The Kier molecular flexibility index (Phi) is 7.98. The van der Waals surface area contributed by atoms with Gasteiger partial charge in [0, 0.05) is 18.5 Å². The number of rotatable bonds is 2. The van der Waals surface area contributed by atoms with Crippen molar-refractivity contribution < 1.29 is 33.7 Å². The fourth-order valence-corrected chi connectivity index (χ4v) is 5.82. The number of halogens is 1. The van der Waals surface area contributed by atoms with Crippen LogP contribution in [0.15, 0.2) is 30.2 Å². The summed E-state index contributed by atoms with van der Waals surface area (Å²) < 4.78 is 26.8. The number of Topliss-reactive ketones (excluding diaryl/α,β-unsaturated/α-hetero) is 1. The molecule has 3 heterocycles. The monoisotopic (exact) mass is 503 g/mol. The maximum atomic E-state index is 15.3. The highest BCUT2D eigenvalue weighted by Gasteiger charge is 2.55. The lowest BCUT2D eigenvalue weighted by Crippen LogP contribution is -2.53. The van der Waals surface area contributed by atoms with Crippen LogP contribution in [-0.4, -0.2) is 57.0 Å². The zero-order valence-electron chi connectivity index (χ0n) is 21.4. The maximum absolute atomic E-state index is 15.3. The summed E-state index contributed by atoms with van der Waals surface area (Å²) >= 11 is 0. The summed E-state index contributed by atoms with van der Waals surface area (Å²) in [6.45, 7) is 5.59. The second kappa shape index (κ2) is 10.7. The summed E-state index contributed by atoms with van der Waals surface area (Å²) in [5, 5.41) is 21.9. The molecular weight excluding hydrogens is 465 g/mol. The number of fused-ring (bicyclic) bond motifs is 1. The molecule has 36 heavy (non-hydrogen) atoms. The van der Waals surface area contributed by atoms with Crippen LogP contribution in [0.25, 0.3) is 6.08 Å². The Bertz CT molecular complexity index is 980. The average molecular weight is 504 g/mol. The zero-order valence-corrected chi connectivity index (χ0v) is 21.4. The molecule has 0 radical (unpaired) electrons. The van der Waals surface area contributed by atoms with E-state index < -0.39 is 53.5 Å². The first-order valence-electron chi connectivity index (χ1n) is 13.1. The Balaban J connectivity index is 1.58. The largest absolute Gasteiger partial charge is 0.455 e. The number of carbonyl (C=O) groups is 2. The molecule has 3 aliphatic rings. The van der Waals surface area contributed by atoms with E-state index in [2.05, 4.69) is 4.98 Å². The number of carbonyl (C=O) groups excluding carboxylic acids is 2. The van der Waals surface area contributed by atoms with Gasteiger partial charge in [-0.2, -0.15) is 0 Å². The van der Waals surface area contributed by atoms with Gasteiger partial charge in [-0.05, 0) is 56.7 Å². The van der Waals surface area contributed by atoms with Crippen LogP contribution in [0, 0.1) is 17.3 Å².